The fourth-order valence-corrected chi connectivity index (χ4v) is 4.06. The van der Waals surface area contributed by atoms with Crippen LogP contribution in [0, 0.1) is 0 Å². The van der Waals surface area contributed by atoms with Crippen molar-refractivity contribution in [3.63, 3.8) is 0 Å². The van der Waals surface area contributed by atoms with Crippen molar-refractivity contribution in [1.82, 2.24) is 0 Å². The van der Waals surface area contributed by atoms with E-state index in [-0.39, 0.29) is 0 Å². The van der Waals surface area contributed by atoms with Crippen molar-refractivity contribution in [3.8, 4) is 0 Å². The molecule has 0 nitrogen and oxygen atoms in total. The van der Waals surface area contributed by atoms with Gasteiger partial charge < -0.3 is 0 Å². The molecule has 0 saturated carbocycles. The molecule has 0 aliphatic rings. The molecule has 4 aromatic rings. The van der Waals surface area contributed by atoms with Crippen LogP contribution in [0.25, 0.3) is 20.2 Å². The third kappa shape index (κ3) is 2.99. The van der Waals surface area contributed by atoms with Crippen molar-refractivity contribution >= 4 is 66.0 Å². The predicted molar refractivity (Wildman–Crippen MR) is 93.7 cm³/mol. The van der Waals surface area contributed by atoms with Gasteiger partial charge in [0.2, 0.25) is 0 Å². The van der Waals surface area contributed by atoms with Crippen molar-refractivity contribution in [2.45, 2.75) is 0 Å². The molecule has 2 aromatic heterocycles. The third-order valence-electron chi connectivity index (χ3n) is 2.86. The fraction of sp³-hybridized carbons (Fsp3) is 0. The Bertz CT molecular complexity index is 845. The number of hydrogen-bond acceptors (Lipinski definition) is 2. The van der Waals surface area contributed by atoms with Gasteiger partial charge >= 0.3 is 0 Å². The van der Waals surface area contributed by atoms with Crippen LogP contribution in [0.15, 0.2) is 59.3 Å². The molecule has 2 heterocycles. The molecule has 0 saturated heterocycles. The SMILES string of the molecule is Clc1ccc2ccsc2c1.Clc1cccc2sccc12. The van der Waals surface area contributed by atoms with Crippen LogP contribution < -0.4 is 0 Å². The quantitative estimate of drug-likeness (QED) is 0.321. The lowest BCUT2D eigenvalue weighted by molar-refractivity contribution is 1.85. The highest BCUT2D eigenvalue weighted by Crippen LogP contribution is 2.27. The minimum Gasteiger partial charge on any atom is -0.144 e. The molecule has 0 aliphatic heterocycles. The zero-order valence-electron chi connectivity index (χ0n) is 10.3. The molecule has 0 fully saturated rings. The van der Waals surface area contributed by atoms with Gasteiger partial charge in [-0.3, -0.25) is 0 Å². The van der Waals surface area contributed by atoms with Gasteiger partial charge in [0.1, 0.15) is 0 Å². The first-order valence-electron chi connectivity index (χ1n) is 5.98. The van der Waals surface area contributed by atoms with Crippen LogP contribution >= 0.6 is 45.9 Å². The van der Waals surface area contributed by atoms with Gasteiger partial charge in [0.15, 0.2) is 0 Å². The smallest absolute Gasteiger partial charge is 0.0492 e. The maximum absolute atomic E-state index is 5.91. The van der Waals surface area contributed by atoms with Gasteiger partial charge in [-0.15, -0.1) is 22.7 Å². The molecule has 0 N–H and O–H groups in total. The van der Waals surface area contributed by atoms with Gasteiger partial charge in [-0.25, -0.2) is 0 Å². The topological polar surface area (TPSA) is 0 Å². The molecule has 4 rings (SSSR count). The molecule has 0 aliphatic carbocycles. The molecule has 0 bridgehead atoms. The first-order valence-corrected chi connectivity index (χ1v) is 8.50. The van der Waals surface area contributed by atoms with E-state index >= 15 is 0 Å². The van der Waals surface area contributed by atoms with E-state index in [1.54, 1.807) is 22.7 Å². The minimum absolute atomic E-state index is 0.815. The highest BCUT2D eigenvalue weighted by atomic mass is 35.5. The van der Waals surface area contributed by atoms with E-state index < -0.39 is 0 Å². The standard InChI is InChI=1S/2C8H5ClS/c9-7-2-1-6-3-4-10-8(6)5-7;9-7-2-1-3-8-6(7)4-5-10-8/h2*1-5H. The molecular formula is C16H10Cl2S2. The van der Waals surface area contributed by atoms with E-state index in [1.807, 2.05) is 36.4 Å². The Labute approximate surface area is 135 Å². The van der Waals surface area contributed by atoms with E-state index in [0.29, 0.717) is 0 Å². The zero-order chi connectivity index (χ0) is 13.9. The Morgan fingerprint density at radius 3 is 2.40 bits per heavy atom. The van der Waals surface area contributed by atoms with Crippen LogP contribution in [0.2, 0.25) is 10.0 Å². The molecule has 4 heteroatoms. The second-order valence-electron chi connectivity index (χ2n) is 4.17. The van der Waals surface area contributed by atoms with Crippen molar-refractivity contribution < 1.29 is 0 Å². The minimum atomic E-state index is 0.815. The van der Waals surface area contributed by atoms with E-state index in [0.717, 1.165) is 15.4 Å². The first kappa shape index (κ1) is 13.9. The largest absolute Gasteiger partial charge is 0.144 e. The number of rotatable bonds is 0. The summed E-state index contributed by atoms with van der Waals surface area (Å²) in [6.07, 6.45) is 0. The Morgan fingerprint density at radius 1 is 0.750 bits per heavy atom. The van der Waals surface area contributed by atoms with Crippen LogP contribution in [0.5, 0.6) is 0 Å². The van der Waals surface area contributed by atoms with Crippen LogP contribution in [0.4, 0.5) is 0 Å². The van der Waals surface area contributed by atoms with Crippen molar-refractivity contribution in [1.29, 1.82) is 0 Å². The van der Waals surface area contributed by atoms with Crippen LogP contribution in [-0.2, 0) is 0 Å². The Hall–Kier alpha value is -1.06. The van der Waals surface area contributed by atoms with Crippen molar-refractivity contribution in [2.24, 2.45) is 0 Å². The summed E-state index contributed by atoms with van der Waals surface area (Å²) in [5.74, 6) is 0. The lowest BCUT2D eigenvalue weighted by Gasteiger charge is -1.89. The van der Waals surface area contributed by atoms with Crippen molar-refractivity contribution in [3.05, 3.63) is 69.3 Å². The summed E-state index contributed by atoms with van der Waals surface area (Å²) in [6.45, 7) is 0. The van der Waals surface area contributed by atoms with Gasteiger partial charge in [0.05, 0.1) is 0 Å². The normalized spacial score (nSPS) is 10.5. The molecule has 100 valence electrons. The summed E-state index contributed by atoms with van der Waals surface area (Å²) < 4.78 is 2.51. The average molecular weight is 337 g/mol. The predicted octanol–water partition coefficient (Wildman–Crippen LogP) is 7.11. The van der Waals surface area contributed by atoms with Gasteiger partial charge in [-0.1, -0.05) is 35.3 Å². The summed E-state index contributed by atoms with van der Waals surface area (Å²) >= 11 is 15.1. The zero-order valence-corrected chi connectivity index (χ0v) is 13.5. The fourth-order valence-electron chi connectivity index (χ4n) is 1.89. The number of halogens is 2. The summed E-state index contributed by atoms with van der Waals surface area (Å²) in [4.78, 5) is 0. The maximum atomic E-state index is 5.91. The van der Waals surface area contributed by atoms with E-state index in [1.165, 1.54) is 14.8 Å². The molecule has 0 radical (unpaired) electrons. The Kier molecular flexibility index (Phi) is 4.27. The van der Waals surface area contributed by atoms with E-state index in [2.05, 4.69) is 22.9 Å². The van der Waals surface area contributed by atoms with Crippen LogP contribution in [0.1, 0.15) is 0 Å². The maximum Gasteiger partial charge on any atom is 0.0492 e. The van der Waals surface area contributed by atoms with Crippen molar-refractivity contribution in [2.75, 3.05) is 0 Å². The second-order valence-corrected chi connectivity index (χ2v) is 6.91. The van der Waals surface area contributed by atoms with Gasteiger partial charge in [-0.2, -0.15) is 0 Å². The van der Waals surface area contributed by atoms with E-state index in [4.69, 9.17) is 23.2 Å². The van der Waals surface area contributed by atoms with Gasteiger partial charge in [-0.05, 0) is 52.5 Å². The molecule has 2 aromatic carbocycles. The lowest BCUT2D eigenvalue weighted by Crippen LogP contribution is -1.62. The average Bonchev–Trinajstić information content (AvgIpc) is 3.07. The summed E-state index contributed by atoms with van der Waals surface area (Å²) in [5.41, 5.74) is 0. The number of fused-ring (bicyclic) bond motifs is 2. The monoisotopic (exact) mass is 336 g/mol. The molecular weight excluding hydrogens is 327 g/mol. The molecule has 0 amide bonds. The summed E-state index contributed by atoms with van der Waals surface area (Å²) in [6, 6.07) is 16.0. The lowest BCUT2D eigenvalue weighted by atomic mass is 10.3. The van der Waals surface area contributed by atoms with E-state index in [9.17, 15) is 0 Å². The summed E-state index contributed by atoms with van der Waals surface area (Å²) in [7, 11) is 0. The molecule has 0 spiro atoms. The molecule has 0 atom stereocenters. The molecule has 0 unspecified atom stereocenters. The third-order valence-corrected chi connectivity index (χ3v) is 5.19. The molecule has 20 heavy (non-hydrogen) atoms. The number of thiophene rings is 2. The van der Waals surface area contributed by atoms with Gasteiger partial charge in [0, 0.05) is 24.8 Å². The van der Waals surface area contributed by atoms with Gasteiger partial charge in [0.25, 0.3) is 0 Å². The number of benzene rings is 2. The number of hydrogen-bond donors (Lipinski definition) is 0. The Morgan fingerprint density at radius 2 is 1.55 bits per heavy atom. The second kappa shape index (κ2) is 6.15. The first-order chi connectivity index (χ1) is 9.74. The highest BCUT2D eigenvalue weighted by Gasteiger charge is 1.96. The summed E-state index contributed by atoms with van der Waals surface area (Å²) in [5, 5.41) is 8.22. The van der Waals surface area contributed by atoms with Crippen LogP contribution in [-0.4, -0.2) is 0 Å². The van der Waals surface area contributed by atoms with Crippen LogP contribution in [0.3, 0.4) is 0 Å². The highest BCUT2D eigenvalue weighted by molar-refractivity contribution is 7.17. The Balaban J connectivity index is 0.000000121.